The normalized spacial score (nSPS) is 18.7. The second kappa shape index (κ2) is 15.7. The van der Waals surface area contributed by atoms with Crippen molar-refractivity contribution in [2.24, 2.45) is 5.92 Å². The fourth-order valence-electron chi connectivity index (χ4n) is 6.09. The number of ether oxygens (including phenoxy) is 2. The zero-order valence-corrected chi connectivity index (χ0v) is 28.7. The lowest BCUT2D eigenvalue weighted by Crippen LogP contribution is -2.38. The van der Waals surface area contributed by atoms with Crippen LogP contribution in [0, 0.1) is 5.92 Å². The van der Waals surface area contributed by atoms with E-state index in [4.69, 9.17) is 9.47 Å². The van der Waals surface area contributed by atoms with Crippen molar-refractivity contribution in [3.8, 4) is 22.6 Å². The fraction of sp³-hybridized carbons (Fsp3) is 0.200. The number of phenolic OH excluding ortho intramolecular Hbond substituents is 1. The second-order valence-corrected chi connectivity index (χ2v) is 13.4. The van der Waals surface area contributed by atoms with Crippen molar-refractivity contribution < 1.29 is 24.5 Å². The Hall–Kier alpha value is -5.33. The predicted molar refractivity (Wildman–Crippen MR) is 194 cm³/mol. The molecule has 1 aliphatic rings. The minimum absolute atomic E-state index is 0.0299. The zero-order chi connectivity index (χ0) is 35.2. The summed E-state index contributed by atoms with van der Waals surface area (Å²) in [7, 11) is 0. The van der Waals surface area contributed by atoms with Gasteiger partial charge in [-0.25, -0.2) is 0 Å². The van der Waals surface area contributed by atoms with E-state index >= 15 is 0 Å². The molecule has 2 heterocycles. The molecule has 10 nitrogen and oxygen atoms in total. The molecule has 258 valence electrons. The van der Waals surface area contributed by atoms with Gasteiger partial charge in [-0.05, 0) is 86.8 Å². The first kappa shape index (κ1) is 34.1. The van der Waals surface area contributed by atoms with Crippen molar-refractivity contribution >= 4 is 17.7 Å². The van der Waals surface area contributed by atoms with Gasteiger partial charge >= 0.3 is 0 Å². The average molecular weight is 700 g/mol. The van der Waals surface area contributed by atoms with Crippen molar-refractivity contribution in [1.82, 2.24) is 25.5 Å². The van der Waals surface area contributed by atoms with Crippen LogP contribution in [0.3, 0.4) is 0 Å². The summed E-state index contributed by atoms with van der Waals surface area (Å²) < 4.78 is 15.1. The monoisotopic (exact) mass is 699 g/mol. The summed E-state index contributed by atoms with van der Waals surface area (Å²) in [6.45, 7) is 2.49. The van der Waals surface area contributed by atoms with Crippen molar-refractivity contribution in [1.29, 1.82) is 0 Å². The third-order valence-corrected chi connectivity index (χ3v) is 9.95. The van der Waals surface area contributed by atoms with Crippen molar-refractivity contribution in [3.05, 3.63) is 155 Å². The highest BCUT2D eigenvalue weighted by atomic mass is 32.2. The van der Waals surface area contributed by atoms with E-state index in [9.17, 15) is 15.0 Å². The van der Waals surface area contributed by atoms with Gasteiger partial charge in [-0.15, -0.1) is 5.10 Å². The molecule has 6 aromatic rings. The van der Waals surface area contributed by atoms with E-state index in [1.165, 1.54) is 11.8 Å². The van der Waals surface area contributed by atoms with E-state index in [1.807, 2.05) is 66.7 Å². The van der Waals surface area contributed by atoms with Crippen LogP contribution in [0.4, 0.5) is 0 Å². The van der Waals surface area contributed by atoms with Crippen LogP contribution < -0.4 is 5.32 Å². The van der Waals surface area contributed by atoms with Gasteiger partial charge in [-0.3, -0.25) is 4.79 Å². The number of benzene rings is 5. The lowest BCUT2D eigenvalue weighted by Gasteiger charge is -2.41. The summed E-state index contributed by atoms with van der Waals surface area (Å²) in [5, 5.41) is 35.3. The number of hydrogen-bond acceptors (Lipinski definition) is 9. The molecule has 0 bridgehead atoms. The van der Waals surface area contributed by atoms with Gasteiger partial charge in [-0.1, -0.05) is 97.5 Å². The maximum Gasteiger partial charge on any atom is 0.251 e. The largest absolute Gasteiger partial charge is 0.508 e. The quantitative estimate of drug-likeness (QED) is 0.122. The molecule has 1 fully saturated rings. The first-order chi connectivity index (χ1) is 24.9. The minimum atomic E-state index is -0.657. The fourth-order valence-corrected chi connectivity index (χ4v) is 7.14. The molecular weight excluding hydrogens is 663 g/mol. The molecule has 3 N–H and O–H groups in total. The molecule has 0 aliphatic carbocycles. The number of aromatic hydroxyl groups is 1. The number of aromatic nitrogens is 4. The number of tetrazole rings is 1. The highest BCUT2D eigenvalue weighted by Gasteiger charge is 2.38. The Morgan fingerprint density at radius 3 is 2.33 bits per heavy atom. The molecular formula is C40H37N5O5S. The van der Waals surface area contributed by atoms with Crippen molar-refractivity contribution in [2.45, 2.75) is 43.7 Å². The summed E-state index contributed by atoms with van der Waals surface area (Å²) in [4.78, 5) is 12.6. The summed E-state index contributed by atoms with van der Waals surface area (Å²) >= 11 is 1.49. The number of thioether (sulfide) groups is 1. The first-order valence-electron chi connectivity index (χ1n) is 16.7. The van der Waals surface area contributed by atoms with E-state index < -0.39 is 6.29 Å². The smallest absolute Gasteiger partial charge is 0.251 e. The number of phenols is 1. The Labute approximate surface area is 300 Å². The van der Waals surface area contributed by atoms with E-state index in [0.717, 1.165) is 39.1 Å². The number of hydrogen-bond donors (Lipinski definition) is 3. The number of nitrogens with one attached hydrogen (secondary N) is 1. The van der Waals surface area contributed by atoms with Gasteiger partial charge in [0.05, 0.1) is 24.5 Å². The molecule has 51 heavy (non-hydrogen) atoms. The predicted octanol–water partition coefficient (Wildman–Crippen LogP) is 7.04. The highest BCUT2D eigenvalue weighted by Crippen LogP contribution is 2.43. The van der Waals surface area contributed by atoms with Crippen LogP contribution in [-0.4, -0.2) is 48.2 Å². The van der Waals surface area contributed by atoms with E-state index in [-0.39, 0.29) is 36.4 Å². The topological polar surface area (TPSA) is 132 Å². The third kappa shape index (κ3) is 8.03. The summed E-state index contributed by atoms with van der Waals surface area (Å²) in [6.07, 6.45) is -1.17. The standard InChI is InChI=1S/C40H37N5O5S/c1-26-36(25-51-40-42-43-44-45(40)34-17-19-35(47)20-18-34)49-39(50-37(26)29-15-13-27(24-46)14-16-29)33-12-6-11-32(22-33)31-10-5-7-28(21-31)23-41-38(48)30-8-3-2-4-9-30/h2-22,26,36-37,39,46-47H,23-25H2,1H3,(H,41,48)/t26-,36+,37+,39+/m0/s1. The SMILES string of the molecule is C[C@H]1[C@@H](CSc2nnnn2-c2ccc(O)cc2)O[C@@H](c2cccc(-c3cccc(CNC(=O)c4ccccc4)c3)c2)O[C@H]1c1ccc(CO)cc1. The third-order valence-electron chi connectivity index (χ3n) is 8.94. The summed E-state index contributed by atoms with van der Waals surface area (Å²) in [5.41, 5.74) is 7.06. The van der Waals surface area contributed by atoms with Gasteiger partial charge in [0.2, 0.25) is 5.16 Å². The Bertz CT molecular complexity index is 2070. The number of amides is 1. The molecule has 1 saturated heterocycles. The molecule has 0 saturated carbocycles. The molecule has 0 unspecified atom stereocenters. The number of carbonyl (C=O) groups excluding carboxylic acids is 1. The molecule has 0 spiro atoms. The van der Waals surface area contributed by atoms with Crippen molar-refractivity contribution in [3.63, 3.8) is 0 Å². The molecule has 5 aromatic carbocycles. The van der Waals surface area contributed by atoms with Crippen LogP contribution >= 0.6 is 11.8 Å². The van der Waals surface area contributed by atoms with E-state index in [2.05, 4.69) is 52.0 Å². The number of carbonyl (C=O) groups is 1. The van der Waals surface area contributed by atoms with Gasteiger partial charge in [0.15, 0.2) is 6.29 Å². The Morgan fingerprint density at radius 1 is 0.824 bits per heavy atom. The maximum atomic E-state index is 12.6. The van der Waals surface area contributed by atoms with Crippen LogP contribution in [0.15, 0.2) is 133 Å². The zero-order valence-electron chi connectivity index (χ0n) is 27.9. The van der Waals surface area contributed by atoms with E-state index in [1.54, 1.807) is 41.1 Å². The minimum Gasteiger partial charge on any atom is -0.508 e. The Kier molecular flexibility index (Phi) is 10.5. The molecule has 0 radical (unpaired) electrons. The Morgan fingerprint density at radius 2 is 1.57 bits per heavy atom. The first-order valence-corrected chi connectivity index (χ1v) is 17.7. The van der Waals surface area contributed by atoms with Gasteiger partial charge in [0, 0.05) is 29.3 Å². The molecule has 11 heteroatoms. The summed E-state index contributed by atoms with van der Waals surface area (Å²) in [6, 6.07) is 40.0. The van der Waals surface area contributed by atoms with Crippen LogP contribution in [0.25, 0.3) is 16.8 Å². The van der Waals surface area contributed by atoms with Crippen LogP contribution in [0.2, 0.25) is 0 Å². The molecule has 1 aromatic heterocycles. The van der Waals surface area contributed by atoms with Gasteiger partial charge < -0.3 is 25.0 Å². The van der Waals surface area contributed by atoms with Crippen LogP contribution in [0.1, 0.15) is 51.9 Å². The molecule has 4 atom stereocenters. The van der Waals surface area contributed by atoms with Crippen LogP contribution in [0.5, 0.6) is 5.75 Å². The highest BCUT2D eigenvalue weighted by molar-refractivity contribution is 7.99. The lowest BCUT2D eigenvalue weighted by atomic mass is 9.91. The van der Waals surface area contributed by atoms with Gasteiger partial charge in [-0.2, -0.15) is 4.68 Å². The molecule has 1 amide bonds. The lowest BCUT2D eigenvalue weighted by molar-refractivity contribution is -0.268. The van der Waals surface area contributed by atoms with Crippen LogP contribution in [-0.2, 0) is 22.6 Å². The van der Waals surface area contributed by atoms with Crippen molar-refractivity contribution in [2.75, 3.05) is 5.75 Å². The molecule has 7 rings (SSSR count). The van der Waals surface area contributed by atoms with Gasteiger partial charge in [0.25, 0.3) is 5.91 Å². The van der Waals surface area contributed by atoms with Gasteiger partial charge in [0.1, 0.15) is 5.75 Å². The second-order valence-electron chi connectivity index (χ2n) is 12.4. The molecule has 1 aliphatic heterocycles. The number of nitrogens with zero attached hydrogens (tertiary/aromatic N) is 4. The van der Waals surface area contributed by atoms with E-state index in [0.29, 0.717) is 23.0 Å². The maximum absolute atomic E-state index is 12.6. The summed E-state index contributed by atoms with van der Waals surface area (Å²) in [5.74, 6) is 0.575. The Balaban J connectivity index is 1.12. The number of aliphatic hydroxyl groups is 1. The number of rotatable bonds is 11. The average Bonchev–Trinajstić information content (AvgIpc) is 3.66. The number of aliphatic hydroxyl groups excluding tert-OH is 1.